The minimum Gasteiger partial charge on any atom is -0.334 e. The maximum atomic E-state index is 4.40. The lowest BCUT2D eigenvalue weighted by Gasteiger charge is -2.24. The predicted octanol–water partition coefficient (Wildman–Crippen LogP) is 2.79. The highest BCUT2D eigenvalue weighted by Gasteiger charge is 2.24. The molecule has 1 saturated carbocycles. The number of hydrogen-bond donors (Lipinski definition) is 1. The van der Waals surface area contributed by atoms with Gasteiger partial charge in [-0.15, -0.1) is 0 Å². The van der Waals surface area contributed by atoms with E-state index in [0.29, 0.717) is 0 Å². The fraction of sp³-hybridized carbons (Fsp3) is 0.800. The molecular formula is C15H25N3. The zero-order valence-corrected chi connectivity index (χ0v) is 11.4. The highest BCUT2D eigenvalue weighted by atomic mass is 15.1. The lowest BCUT2D eigenvalue weighted by Crippen LogP contribution is -2.28. The van der Waals surface area contributed by atoms with Crippen molar-refractivity contribution in [1.82, 2.24) is 14.9 Å². The number of aromatic nitrogens is 2. The van der Waals surface area contributed by atoms with Crippen LogP contribution < -0.4 is 5.32 Å². The van der Waals surface area contributed by atoms with Gasteiger partial charge in [-0.05, 0) is 50.6 Å². The maximum absolute atomic E-state index is 4.40. The minimum atomic E-state index is 0.729. The van der Waals surface area contributed by atoms with Crippen LogP contribution in [0.1, 0.15) is 50.6 Å². The quantitative estimate of drug-likeness (QED) is 0.890. The van der Waals surface area contributed by atoms with Gasteiger partial charge in [0.05, 0.1) is 6.33 Å². The monoisotopic (exact) mass is 247 g/mol. The summed E-state index contributed by atoms with van der Waals surface area (Å²) in [4.78, 5) is 4.40. The molecule has 1 aliphatic carbocycles. The molecule has 0 spiro atoms. The third kappa shape index (κ3) is 2.61. The normalized spacial score (nSPS) is 29.8. The van der Waals surface area contributed by atoms with Crippen LogP contribution in [0.15, 0.2) is 12.5 Å². The molecule has 3 nitrogen and oxygen atoms in total. The largest absolute Gasteiger partial charge is 0.334 e. The molecule has 0 amide bonds. The highest BCUT2D eigenvalue weighted by Crippen LogP contribution is 2.33. The second kappa shape index (κ2) is 5.43. The summed E-state index contributed by atoms with van der Waals surface area (Å²) in [6.07, 6.45) is 10.9. The number of imidazole rings is 1. The Balaban J connectivity index is 1.67. The summed E-state index contributed by atoms with van der Waals surface area (Å²) >= 11 is 0. The van der Waals surface area contributed by atoms with Crippen molar-refractivity contribution in [2.75, 3.05) is 13.1 Å². The van der Waals surface area contributed by atoms with E-state index < -0.39 is 0 Å². The summed E-state index contributed by atoms with van der Waals surface area (Å²) < 4.78 is 2.44. The SMILES string of the molecule is CC1CCC(Cn2cncc2C2CCNCC2)C1. The Morgan fingerprint density at radius 2 is 2.11 bits per heavy atom. The third-order valence-corrected chi connectivity index (χ3v) is 4.76. The van der Waals surface area contributed by atoms with E-state index in [1.165, 1.54) is 44.3 Å². The smallest absolute Gasteiger partial charge is 0.0948 e. The van der Waals surface area contributed by atoms with Crippen molar-refractivity contribution in [3.05, 3.63) is 18.2 Å². The molecule has 3 rings (SSSR count). The first kappa shape index (κ1) is 12.2. The molecule has 2 aliphatic rings. The first-order valence-corrected chi connectivity index (χ1v) is 7.53. The van der Waals surface area contributed by atoms with Gasteiger partial charge < -0.3 is 9.88 Å². The van der Waals surface area contributed by atoms with Crippen LogP contribution in [0.2, 0.25) is 0 Å². The Morgan fingerprint density at radius 3 is 2.83 bits per heavy atom. The average molecular weight is 247 g/mol. The van der Waals surface area contributed by atoms with E-state index in [2.05, 4.69) is 34.3 Å². The van der Waals surface area contributed by atoms with Crippen molar-refractivity contribution in [1.29, 1.82) is 0 Å². The van der Waals surface area contributed by atoms with Gasteiger partial charge in [0, 0.05) is 24.4 Å². The molecule has 18 heavy (non-hydrogen) atoms. The first-order valence-electron chi connectivity index (χ1n) is 7.53. The van der Waals surface area contributed by atoms with Crippen LogP contribution in [0.4, 0.5) is 0 Å². The molecule has 1 aromatic rings. The second-order valence-electron chi connectivity index (χ2n) is 6.28. The number of rotatable bonds is 3. The molecule has 2 fully saturated rings. The number of piperidine rings is 1. The fourth-order valence-electron chi connectivity index (χ4n) is 3.71. The van der Waals surface area contributed by atoms with Crippen molar-refractivity contribution in [3.8, 4) is 0 Å². The van der Waals surface area contributed by atoms with E-state index in [4.69, 9.17) is 0 Å². The summed E-state index contributed by atoms with van der Waals surface area (Å²) in [7, 11) is 0. The summed E-state index contributed by atoms with van der Waals surface area (Å²) in [5, 5.41) is 3.45. The second-order valence-corrected chi connectivity index (χ2v) is 6.28. The van der Waals surface area contributed by atoms with Crippen molar-refractivity contribution in [2.24, 2.45) is 11.8 Å². The van der Waals surface area contributed by atoms with Gasteiger partial charge in [-0.3, -0.25) is 0 Å². The summed E-state index contributed by atoms with van der Waals surface area (Å²) in [6, 6.07) is 0. The molecule has 2 atom stereocenters. The zero-order valence-electron chi connectivity index (χ0n) is 11.4. The number of nitrogens with zero attached hydrogens (tertiary/aromatic N) is 2. The molecule has 0 bridgehead atoms. The Morgan fingerprint density at radius 1 is 1.28 bits per heavy atom. The van der Waals surface area contributed by atoms with Crippen LogP contribution in [0.3, 0.4) is 0 Å². The van der Waals surface area contributed by atoms with Crippen LogP contribution in [0.5, 0.6) is 0 Å². The third-order valence-electron chi connectivity index (χ3n) is 4.76. The molecule has 2 unspecified atom stereocenters. The molecule has 1 aromatic heterocycles. The van der Waals surface area contributed by atoms with Crippen molar-refractivity contribution in [3.63, 3.8) is 0 Å². The van der Waals surface area contributed by atoms with Crippen LogP contribution >= 0.6 is 0 Å². The van der Waals surface area contributed by atoms with Crippen molar-refractivity contribution < 1.29 is 0 Å². The lowest BCUT2D eigenvalue weighted by atomic mass is 9.94. The van der Waals surface area contributed by atoms with Gasteiger partial charge in [0.25, 0.3) is 0 Å². The minimum absolute atomic E-state index is 0.729. The molecule has 1 aliphatic heterocycles. The van der Waals surface area contributed by atoms with Crippen molar-refractivity contribution in [2.45, 2.75) is 51.5 Å². The maximum Gasteiger partial charge on any atom is 0.0948 e. The molecule has 1 saturated heterocycles. The Hall–Kier alpha value is -0.830. The van der Waals surface area contributed by atoms with Gasteiger partial charge in [-0.2, -0.15) is 0 Å². The summed E-state index contributed by atoms with van der Waals surface area (Å²) in [6.45, 7) is 5.91. The van der Waals surface area contributed by atoms with E-state index in [-0.39, 0.29) is 0 Å². The molecule has 0 aromatic carbocycles. The molecule has 1 N–H and O–H groups in total. The Bertz CT molecular complexity index is 379. The topological polar surface area (TPSA) is 29.9 Å². The van der Waals surface area contributed by atoms with E-state index in [1.807, 2.05) is 0 Å². The van der Waals surface area contributed by atoms with Gasteiger partial charge in [0.2, 0.25) is 0 Å². The van der Waals surface area contributed by atoms with Gasteiger partial charge in [-0.25, -0.2) is 4.98 Å². The molecular weight excluding hydrogens is 222 g/mol. The number of nitrogens with one attached hydrogen (secondary N) is 1. The van der Waals surface area contributed by atoms with Gasteiger partial charge >= 0.3 is 0 Å². The first-order chi connectivity index (χ1) is 8.83. The average Bonchev–Trinajstić information content (AvgIpc) is 3.00. The van der Waals surface area contributed by atoms with E-state index in [9.17, 15) is 0 Å². The molecule has 2 heterocycles. The van der Waals surface area contributed by atoms with Gasteiger partial charge in [-0.1, -0.05) is 13.3 Å². The van der Waals surface area contributed by atoms with Crippen LogP contribution in [0, 0.1) is 11.8 Å². The van der Waals surface area contributed by atoms with Crippen LogP contribution in [-0.2, 0) is 6.54 Å². The fourth-order valence-corrected chi connectivity index (χ4v) is 3.71. The lowest BCUT2D eigenvalue weighted by molar-refractivity contribution is 0.400. The van der Waals surface area contributed by atoms with Crippen LogP contribution in [0.25, 0.3) is 0 Å². The van der Waals surface area contributed by atoms with E-state index in [1.54, 1.807) is 0 Å². The predicted molar refractivity (Wildman–Crippen MR) is 73.6 cm³/mol. The molecule has 3 heteroatoms. The highest BCUT2D eigenvalue weighted by molar-refractivity contribution is 5.08. The summed E-state index contributed by atoms with van der Waals surface area (Å²) in [5.74, 6) is 2.54. The van der Waals surface area contributed by atoms with E-state index >= 15 is 0 Å². The Kier molecular flexibility index (Phi) is 3.69. The number of hydrogen-bond acceptors (Lipinski definition) is 2. The zero-order chi connectivity index (χ0) is 12.4. The summed E-state index contributed by atoms with van der Waals surface area (Å²) in [5.41, 5.74) is 1.48. The van der Waals surface area contributed by atoms with Gasteiger partial charge in [0.1, 0.15) is 0 Å². The van der Waals surface area contributed by atoms with E-state index in [0.717, 1.165) is 30.8 Å². The molecule has 0 radical (unpaired) electrons. The van der Waals surface area contributed by atoms with Crippen LogP contribution in [-0.4, -0.2) is 22.6 Å². The standard InChI is InChI=1S/C15H25N3/c1-12-2-3-13(8-12)10-18-11-17-9-15(18)14-4-6-16-7-5-14/h9,11-14,16H,2-8,10H2,1H3. The Labute approximate surface area is 110 Å². The van der Waals surface area contributed by atoms with Gasteiger partial charge in [0.15, 0.2) is 0 Å². The van der Waals surface area contributed by atoms with Crippen molar-refractivity contribution >= 4 is 0 Å². The molecule has 100 valence electrons.